The van der Waals surface area contributed by atoms with Gasteiger partial charge in [0, 0.05) is 6.54 Å². The van der Waals surface area contributed by atoms with Crippen molar-refractivity contribution in [2.24, 2.45) is 0 Å². The van der Waals surface area contributed by atoms with Crippen LogP contribution in [0.5, 0.6) is 0 Å². The third-order valence-corrected chi connectivity index (χ3v) is 2.34. The minimum absolute atomic E-state index is 0.103. The first kappa shape index (κ1) is 13.3. The van der Waals surface area contributed by atoms with E-state index in [1.165, 1.54) is 6.07 Å². The standard InChI is InChI=1S/C12H18FN3O/c1-3-4-15-12(17)7-16-11-5-8(2)9(13)6-10(11)14/h5-6,16H,3-4,7,14H2,1-2H3,(H,15,17). The lowest BCUT2D eigenvalue weighted by Gasteiger charge is -2.10. The maximum atomic E-state index is 13.1. The molecule has 1 rings (SSSR count). The maximum Gasteiger partial charge on any atom is 0.239 e. The van der Waals surface area contributed by atoms with Gasteiger partial charge in [0.25, 0.3) is 0 Å². The van der Waals surface area contributed by atoms with Gasteiger partial charge in [0.15, 0.2) is 0 Å². The molecule has 0 spiro atoms. The molecule has 0 aliphatic heterocycles. The largest absolute Gasteiger partial charge is 0.397 e. The first-order valence-corrected chi connectivity index (χ1v) is 5.60. The summed E-state index contributed by atoms with van der Waals surface area (Å²) in [5.41, 5.74) is 7.02. The Morgan fingerprint density at radius 1 is 1.47 bits per heavy atom. The minimum Gasteiger partial charge on any atom is -0.397 e. The number of nitrogen functional groups attached to an aromatic ring is 1. The Hall–Kier alpha value is -1.78. The Morgan fingerprint density at radius 2 is 2.18 bits per heavy atom. The molecule has 0 fully saturated rings. The fourth-order valence-electron chi connectivity index (χ4n) is 1.35. The fourth-order valence-corrected chi connectivity index (χ4v) is 1.35. The van der Waals surface area contributed by atoms with Gasteiger partial charge in [-0.25, -0.2) is 4.39 Å². The number of benzene rings is 1. The molecule has 0 atom stereocenters. The molecular formula is C12H18FN3O. The van der Waals surface area contributed by atoms with Crippen molar-refractivity contribution in [2.45, 2.75) is 20.3 Å². The zero-order valence-corrected chi connectivity index (χ0v) is 10.1. The molecule has 17 heavy (non-hydrogen) atoms. The van der Waals surface area contributed by atoms with Crippen LogP contribution in [-0.2, 0) is 4.79 Å². The maximum absolute atomic E-state index is 13.1. The predicted octanol–water partition coefficient (Wildman–Crippen LogP) is 1.65. The molecule has 0 unspecified atom stereocenters. The molecule has 1 amide bonds. The Bertz CT molecular complexity index is 407. The normalized spacial score (nSPS) is 10.1. The first-order chi connectivity index (χ1) is 8.04. The van der Waals surface area contributed by atoms with Crippen molar-refractivity contribution in [3.8, 4) is 0 Å². The monoisotopic (exact) mass is 239 g/mol. The molecule has 0 saturated carbocycles. The van der Waals surface area contributed by atoms with Crippen LogP contribution in [-0.4, -0.2) is 19.0 Å². The summed E-state index contributed by atoms with van der Waals surface area (Å²) in [5.74, 6) is -0.447. The van der Waals surface area contributed by atoms with Gasteiger partial charge < -0.3 is 16.4 Å². The molecule has 0 saturated heterocycles. The Kier molecular flexibility index (Phi) is 4.75. The Balaban J connectivity index is 2.57. The number of rotatable bonds is 5. The number of halogens is 1. The molecule has 1 aromatic rings. The second-order valence-electron chi connectivity index (χ2n) is 3.89. The third kappa shape index (κ3) is 3.94. The number of carbonyl (C=O) groups is 1. The van der Waals surface area contributed by atoms with Crippen LogP contribution in [0.4, 0.5) is 15.8 Å². The highest BCUT2D eigenvalue weighted by Crippen LogP contribution is 2.22. The number of hydrogen-bond donors (Lipinski definition) is 3. The topological polar surface area (TPSA) is 67.2 Å². The van der Waals surface area contributed by atoms with Crippen molar-refractivity contribution in [2.75, 3.05) is 24.1 Å². The predicted molar refractivity (Wildman–Crippen MR) is 67.3 cm³/mol. The Labute approximate surface area is 100 Å². The lowest BCUT2D eigenvalue weighted by molar-refractivity contribution is -0.119. The van der Waals surface area contributed by atoms with Gasteiger partial charge in [-0.05, 0) is 31.0 Å². The van der Waals surface area contributed by atoms with E-state index < -0.39 is 0 Å². The number of amides is 1. The van der Waals surface area contributed by atoms with Crippen LogP contribution in [0.15, 0.2) is 12.1 Å². The van der Waals surface area contributed by atoms with E-state index in [1.54, 1.807) is 13.0 Å². The second kappa shape index (κ2) is 6.08. The molecule has 0 aliphatic carbocycles. The van der Waals surface area contributed by atoms with Gasteiger partial charge in [0.1, 0.15) is 5.82 Å². The molecule has 4 nitrogen and oxygen atoms in total. The van der Waals surface area contributed by atoms with Gasteiger partial charge in [-0.15, -0.1) is 0 Å². The van der Waals surface area contributed by atoms with Gasteiger partial charge in [-0.2, -0.15) is 0 Å². The third-order valence-electron chi connectivity index (χ3n) is 2.34. The van der Waals surface area contributed by atoms with Crippen LogP contribution in [0.25, 0.3) is 0 Å². The number of anilines is 2. The van der Waals surface area contributed by atoms with Crippen molar-refractivity contribution in [1.29, 1.82) is 0 Å². The molecule has 1 aromatic carbocycles. The number of aryl methyl sites for hydroxylation is 1. The van der Waals surface area contributed by atoms with Crippen molar-refractivity contribution < 1.29 is 9.18 Å². The summed E-state index contributed by atoms with van der Waals surface area (Å²) in [4.78, 5) is 11.3. The summed E-state index contributed by atoms with van der Waals surface area (Å²) in [6.45, 7) is 4.42. The minimum atomic E-state index is -0.344. The number of nitrogens with one attached hydrogen (secondary N) is 2. The molecule has 94 valence electrons. The summed E-state index contributed by atoms with van der Waals surface area (Å²) in [6.07, 6.45) is 0.892. The van der Waals surface area contributed by atoms with Crippen LogP contribution < -0.4 is 16.4 Å². The van der Waals surface area contributed by atoms with E-state index in [0.717, 1.165) is 6.42 Å². The van der Waals surface area contributed by atoms with E-state index in [0.29, 0.717) is 23.5 Å². The van der Waals surface area contributed by atoms with E-state index in [9.17, 15) is 9.18 Å². The van der Waals surface area contributed by atoms with Gasteiger partial charge >= 0.3 is 0 Å². The van der Waals surface area contributed by atoms with E-state index in [1.807, 2.05) is 6.92 Å². The molecule has 4 N–H and O–H groups in total. The van der Waals surface area contributed by atoms with Gasteiger partial charge in [0.05, 0.1) is 17.9 Å². The van der Waals surface area contributed by atoms with Crippen LogP contribution in [0.2, 0.25) is 0 Å². The van der Waals surface area contributed by atoms with Crippen molar-refractivity contribution in [3.63, 3.8) is 0 Å². The first-order valence-electron chi connectivity index (χ1n) is 5.60. The highest BCUT2D eigenvalue weighted by atomic mass is 19.1. The molecule has 0 bridgehead atoms. The summed E-state index contributed by atoms with van der Waals surface area (Å²) in [7, 11) is 0. The van der Waals surface area contributed by atoms with Crippen molar-refractivity contribution in [1.82, 2.24) is 5.32 Å². The number of carbonyl (C=O) groups excluding carboxylic acids is 1. The van der Waals surface area contributed by atoms with Gasteiger partial charge in [0.2, 0.25) is 5.91 Å². The van der Waals surface area contributed by atoms with Gasteiger partial charge in [-0.1, -0.05) is 6.92 Å². The Morgan fingerprint density at radius 3 is 2.82 bits per heavy atom. The van der Waals surface area contributed by atoms with Crippen molar-refractivity contribution >= 4 is 17.3 Å². The van der Waals surface area contributed by atoms with E-state index in [4.69, 9.17) is 5.73 Å². The molecule has 0 heterocycles. The smallest absolute Gasteiger partial charge is 0.239 e. The summed E-state index contributed by atoms with van der Waals surface area (Å²) in [6, 6.07) is 2.85. The molecule has 0 aromatic heterocycles. The van der Waals surface area contributed by atoms with E-state index >= 15 is 0 Å². The van der Waals surface area contributed by atoms with Crippen LogP contribution >= 0.6 is 0 Å². The molecule has 5 heteroatoms. The van der Waals surface area contributed by atoms with Crippen LogP contribution in [0.1, 0.15) is 18.9 Å². The van der Waals surface area contributed by atoms with Gasteiger partial charge in [-0.3, -0.25) is 4.79 Å². The zero-order chi connectivity index (χ0) is 12.8. The van der Waals surface area contributed by atoms with Crippen LogP contribution in [0.3, 0.4) is 0 Å². The lowest BCUT2D eigenvalue weighted by Crippen LogP contribution is -2.30. The lowest BCUT2D eigenvalue weighted by atomic mass is 10.2. The highest BCUT2D eigenvalue weighted by molar-refractivity contribution is 5.82. The fraction of sp³-hybridized carbons (Fsp3) is 0.417. The molecule has 0 radical (unpaired) electrons. The average molecular weight is 239 g/mol. The quantitative estimate of drug-likeness (QED) is 0.684. The zero-order valence-electron chi connectivity index (χ0n) is 10.1. The van der Waals surface area contributed by atoms with Crippen molar-refractivity contribution in [3.05, 3.63) is 23.5 Å². The van der Waals surface area contributed by atoms with E-state index in [-0.39, 0.29) is 18.3 Å². The van der Waals surface area contributed by atoms with Crippen LogP contribution in [0, 0.1) is 12.7 Å². The molecular weight excluding hydrogens is 221 g/mol. The summed E-state index contributed by atoms with van der Waals surface area (Å²) in [5, 5.41) is 5.62. The summed E-state index contributed by atoms with van der Waals surface area (Å²) < 4.78 is 13.1. The number of hydrogen-bond acceptors (Lipinski definition) is 3. The average Bonchev–Trinajstić information content (AvgIpc) is 2.29. The summed E-state index contributed by atoms with van der Waals surface area (Å²) >= 11 is 0. The number of nitrogens with two attached hydrogens (primary N) is 1. The highest BCUT2D eigenvalue weighted by Gasteiger charge is 2.06. The second-order valence-corrected chi connectivity index (χ2v) is 3.89. The van der Waals surface area contributed by atoms with E-state index in [2.05, 4.69) is 10.6 Å². The molecule has 0 aliphatic rings. The SMILES string of the molecule is CCCNC(=O)CNc1cc(C)c(F)cc1N.